The molecule has 0 bridgehead atoms. The molecule has 0 aliphatic rings. The molecule has 0 aliphatic heterocycles. The third-order valence-corrected chi connectivity index (χ3v) is 5.55. The molecule has 0 aromatic heterocycles. The van der Waals surface area contributed by atoms with Crippen LogP contribution in [-0.4, -0.2) is 22.6 Å². The van der Waals surface area contributed by atoms with Crippen molar-refractivity contribution in [3.63, 3.8) is 0 Å². The molecule has 1 aromatic carbocycles. The van der Waals surface area contributed by atoms with Gasteiger partial charge in [0.15, 0.2) is 0 Å². The highest BCUT2D eigenvalue weighted by atomic mass is 28.4. The predicted molar refractivity (Wildman–Crippen MR) is 116 cm³/mol. The molecule has 0 N–H and O–H groups in total. The van der Waals surface area contributed by atoms with Gasteiger partial charge in [-0.25, -0.2) is 0 Å². The van der Waals surface area contributed by atoms with Crippen LogP contribution < -0.4 is 4.43 Å². The van der Waals surface area contributed by atoms with Crippen molar-refractivity contribution < 1.29 is 13.6 Å². The predicted octanol–water partition coefficient (Wildman–Crippen LogP) is 6.55. The molecule has 3 nitrogen and oxygen atoms in total. The number of carbonyl (C=O) groups is 1. The summed E-state index contributed by atoms with van der Waals surface area (Å²) in [5.74, 6) is 0.992. The molecule has 0 fully saturated rings. The highest BCUT2D eigenvalue weighted by molar-refractivity contribution is 6.71. The third-order valence-electron chi connectivity index (χ3n) is 3.86. The van der Waals surface area contributed by atoms with E-state index >= 15 is 0 Å². The van der Waals surface area contributed by atoms with E-state index in [-0.39, 0.29) is 5.97 Å². The maximum absolute atomic E-state index is 11.7. The van der Waals surface area contributed by atoms with Gasteiger partial charge in [-0.15, -0.1) is 0 Å². The molecule has 0 unspecified atom stereocenters. The quantitative estimate of drug-likeness (QED) is 0.298. The van der Waals surface area contributed by atoms with E-state index in [0.717, 1.165) is 25.0 Å². The van der Waals surface area contributed by atoms with Gasteiger partial charge in [0.25, 0.3) is 5.97 Å². The third kappa shape index (κ3) is 12.3. The number of hydrogen-bond acceptors (Lipinski definition) is 3. The second-order valence-corrected chi connectivity index (χ2v) is 17.9. The lowest BCUT2D eigenvalue weighted by atomic mass is 10.0. The van der Waals surface area contributed by atoms with Crippen molar-refractivity contribution in [2.75, 3.05) is 0 Å². The molecule has 0 spiro atoms. The summed E-state index contributed by atoms with van der Waals surface area (Å²) in [4.78, 5) is 11.7. The molecule has 1 rings (SSSR count). The van der Waals surface area contributed by atoms with Crippen LogP contribution in [-0.2, 0) is 15.6 Å². The first-order valence-corrected chi connectivity index (χ1v) is 16.9. The van der Waals surface area contributed by atoms with Gasteiger partial charge in [0.2, 0.25) is 16.6 Å². The van der Waals surface area contributed by atoms with Crippen LogP contribution in [0.5, 0.6) is 5.75 Å². The Labute approximate surface area is 162 Å². The van der Waals surface area contributed by atoms with Crippen LogP contribution in [0.1, 0.15) is 50.5 Å². The molecule has 0 saturated heterocycles. The summed E-state index contributed by atoms with van der Waals surface area (Å²) in [5.41, 5.74) is 1.39. The lowest BCUT2D eigenvalue weighted by Crippen LogP contribution is -2.29. The summed E-state index contributed by atoms with van der Waals surface area (Å²) >= 11 is 0. The molecule has 26 heavy (non-hydrogen) atoms. The van der Waals surface area contributed by atoms with Crippen molar-refractivity contribution in [3.8, 4) is 5.75 Å². The summed E-state index contributed by atoms with van der Waals surface area (Å²) in [6.07, 6.45) is 8.75. The first-order valence-electron chi connectivity index (χ1n) is 10.0. The Bertz CT molecular complexity index is 528. The Balaban J connectivity index is 2.06. The van der Waals surface area contributed by atoms with Crippen LogP contribution in [0, 0.1) is 0 Å². The van der Waals surface area contributed by atoms with Crippen LogP contribution in [0.3, 0.4) is 0 Å². The Kier molecular flexibility index (Phi) is 9.65. The molecule has 0 amide bonds. The molecule has 0 saturated carbocycles. The number of carbonyl (C=O) groups excluding carboxylic acids is 1. The largest absolute Gasteiger partial charge is 0.544 e. The van der Waals surface area contributed by atoms with Crippen molar-refractivity contribution in [2.45, 2.75) is 90.6 Å². The van der Waals surface area contributed by atoms with Gasteiger partial charge in [0.1, 0.15) is 5.75 Å². The van der Waals surface area contributed by atoms with Gasteiger partial charge in [-0.05, 0) is 76.2 Å². The zero-order valence-electron chi connectivity index (χ0n) is 17.7. The van der Waals surface area contributed by atoms with Gasteiger partial charge in [-0.2, -0.15) is 0 Å². The minimum absolute atomic E-state index is 0.00859. The maximum atomic E-state index is 11.7. The Morgan fingerprint density at radius 2 is 1.31 bits per heavy atom. The topological polar surface area (TPSA) is 35.5 Å². The van der Waals surface area contributed by atoms with E-state index in [1.165, 1.54) is 31.2 Å². The standard InChI is InChI=1S/C21H38O3Si2/c1-25(2,3)23-20-17-15-19(16-18-20)13-11-9-7-8-10-12-14-21(22)24-26(4,5)6/h15-18H,7-14H2,1-6H3. The van der Waals surface area contributed by atoms with Crippen molar-refractivity contribution in [2.24, 2.45) is 0 Å². The van der Waals surface area contributed by atoms with Crippen molar-refractivity contribution in [1.29, 1.82) is 0 Å². The summed E-state index contributed by atoms with van der Waals surface area (Å²) < 4.78 is 11.4. The number of unbranched alkanes of at least 4 members (excludes halogenated alkanes) is 5. The van der Waals surface area contributed by atoms with Gasteiger partial charge < -0.3 is 8.85 Å². The number of rotatable bonds is 12. The monoisotopic (exact) mass is 394 g/mol. The minimum atomic E-state index is -1.71. The molecule has 0 atom stereocenters. The van der Waals surface area contributed by atoms with Crippen LogP contribution in [0.4, 0.5) is 0 Å². The highest BCUT2D eigenvalue weighted by Crippen LogP contribution is 2.18. The Morgan fingerprint density at radius 1 is 0.769 bits per heavy atom. The summed E-state index contributed by atoms with van der Waals surface area (Å²) in [6, 6.07) is 8.60. The smallest absolute Gasteiger partial charge is 0.292 e. The fraction of sp³-hybridized carbons (Fsp3) is 0.667. The fourth-order valence-corrected chi connectivity index (χ4v) is 4.40. The normalized spacial score (nSPS) is 12.1. The van der Waals surface area contributed by atoms with Gasteiger partial charge in [-0.3, -0.25) is 4.79 Å². The average molecular weight is 395 g/mol. The van der Waals surface area contributed by atoms with E-state index in [1.54, 1.807) is 0 Å². The van der Waals surface area contributed by atoms with Gasteiger partial charge in [-0.1, -0.05) is 37.8 Å². The second-order valence-electron chi connectivity index (χ2n) is 9.07. The lowest BCUT2D eigenvalue weighted by molar-refractivity contribution is -0.135. The molecule has 148 valence electrons. The van der Waals surface area contributed by atoms with Crippen LogP contribution in [0.2, 0.25) is 39.3 Å². The fourth-order valence-electron chi connectivity index (χ4n) is 2.78. The van der Waals surface area contributed by atoms with Crippen molar-refractivity contribution in [3.05, 3.63) is 29.8 Å². The van der Waals surface area contributed by atoms with Crippen LogP contribution in [0.15, 0.2) is 24.3 Å². The molecule has 0 radical (unpaired) electrons. The van der Waals surface area contributed by atoms with Crippen LogP contribution in [0.25, 0.3) is 0 Å². The summed E-state index contributed by atoms with van der Waals surface area (Å²) in [6.45, 7) is 12.8. The van der Waals surface area contributed by atoms with Gasteiger partial charge in [0.05, 0.1) is 0 Å². The van der Waals surface area contributed by atoms with Gasteiger partial charge in [0, 0.05) is 6.42 Å². The van der Waals surface area contributed by atoms with E-state index in [0.29, 0.717) is 6.42 Å². The molecule has 5 heteroatoms. The maximum Gasteiger partial charge on any atom is 0.292 e. The number of aryl methyl sites for hydroxylation is 1. The SMILES string of the molecule is C[Si](C)(C)OC(=O)CCCCCCCCc1ccc(O[Si](C)(C)C)cc1. The van der Waals surface area contributed by atoms with E-state index in [4.69, 9.17) is 8.85 Å². The van der Waals surface area contributed by atoms with E-state index in [2.05, 4.69) is 63.5 Å². The second kappa shape index (κ2) is 10.9. The van der Waals surface area contributed by atoms with Crippen molar-refractivity contribution in [1.82, 2.24) is 0 Å². The number of benzene rings is 1. The van der Waals surface area contributed by atoms with E-state index < -0.39 is 16.6 Å². The Hall–Kier alpha value is -1.08. The van der Waals surface area contributed by atoms with Crippen molar-refractivity contribution >= 4 is 22.6 Å². The molecular weight excluding hydrogens is 356 g/mol. The first-order chi connectivity index (χ1) is 12.1. The molecule has 0 aliphatic carbocycles. The molecule has 1 aromatic rings. The Morgan fingerprint density at radius 3 is 1.85 bits per heavy atom. The zero-order valence-corrected chi connectivity index (χ0v) is 19.7. The van der Waals surface area contributed by atoms with E-state index in [9.17, 15) is 4.79 Å². The first kappa shape index (κ1) is 23.0. The number of hydrogen-bond donors (Lipinski definition) is 0. The molecular formula is C21H38O3Si2. The zero-order chi connectivity index (χ0) is 19.6. The minimum Gasteiger partial charge on any atom is -0.544 e. The highest BCUT2D eigenvalue weighted by Gasteiger charge is 2.19. The van der Waals surface area contributed by atoms with Crippen LogP contribution >= 0.6 is 0 Å². The summed E-state index contributed by atoms with van der Waals surface area (Å²) in [5, 5.41) is 0. The lowest BCUT2D eigenvalue weighted by Gasteiger charge is -2.19. The summed E-state index contributed by atoms with van der Waals surface area (Å²) in [7, 11) is -3.22. The van der Waals surface area contributed by atoms with Gasteiger partial charge >= 0.3 is 0 Å². The van der Waals surface area contributed by atoms with E-state index in [1.807, 2.05) is 0 Å². The molecule has 0 heterocycles. The average Bonchev–Trinajstić information content (AvgIpc) is 2.48.